The zero-order valence-corrected chi connectivity index (χ0v) is 19.7. The zero-order chi connectivity index (χ0) is 23.1. The molecule has 0 amide bonds. The van der Waals surface area contributed by atoms with Crippen molar-refractivity contribution in [1.82, 2.24) is 23.7 Å². The highest BCUT2D eigenvalue weighted by molar-refractivity contribution is 7.97. The zero-order valence-electron chi connectivity index (χ0n) is 18.1. The molecule has 34 heavy (non-hydrogen) atoms. The van der Waals surface area contributed by atoms with Crippen LogP contribution in [0.4, 0.5) is 0 Å². The Bertz CT molecular complexity index is 1600. The lowest BCUT2D eigenvalue weighted by molar-refractivity contribution is 1.35. The lowest BCUT2D eigenvalue weighted by atomic mass is 9.91. The summed E-state index contributed by atoms with van der Waals surface area (Å²) in [5.74, 6) is 0. The molecule has 0 radical (unpaired) electrons. The highest BCUT2D eigenvalue weighted by Crippen LogP contribution is 2.35. The molecule has 0 atom stereocenters. The van der Waals surface area contributed by atoms with E-state index >= 15 is 0 Å². The molecule has 7 nitrogen and oxygen atoms in total. The number of rotatable bonds is 5. The molecule has 4 N–H and O–H groups in total. The fourth-order valence-electron chi connectivity index (χ4n) is 4.23. The number of H-pyrrole nitrogens is 3. The maximum Gasteiger partial charge on any atom is 0.114 e. The first kappa shape index (κ1) is 20.6. The summed E-state index contributed by atoms with van der Waals surface area (Å²) in [6.07, 6.45) is 9.66. The lowest BCUT2D eigenvalue weighted by Gasteiger charge is -2.17. The SMILES string of the molecule is CSN=C1C(=N)C(c2ccc[nH]2)=CC=C1c1ccc(-c2ccc(-c3ccc[nH]3)c3nsnc23)[nH]1. The van der Waals surface area contributed by atoms with Crippen molar-refractivity contribution in [3.63, 3.8) is 0 Å². The van der Waals surface area contributed by atoms with E-state index < -0.39 is 0 Å². The van der Waals surface area contributed by atoms with E-state index in [0.717, 1.165) is 56.1 Å². The Morgan fingerprint density at radius 1 is 0.794 bits per heavy atom. The van der Waals surface area contributed by atoms with Crippen molar-refractivity contribution in [2.45, 2.75) is 0 Å². The number of nitrogens with one attached hydrogen (secondary N) is 4. The van der Waals surface area contributed by atoms with Gasteiger partial charge < -0.3 is 15.0 Å². The predicted molar refractivity (Wildman–Crippen MR) is 142 cm³/mol. The molecule has 9 heteroatoms. The number of aromatic nitrogens is 5. The number of aromatic amines is 3. The maximum absolute atomic E-state index is 8.81. The van der Waals surface area contributed by atoms with E-state index in [0.29, 0.717) is 11.4 Å². The summed E-state index contributed by atoms with van der Waals surface area (Å²) in [6, 6.07) is 16.1. The van der Waals surface area contributed by atoms with Crippen molar-refractivity contribution in [2.24, 2.45) is 4.40 Å². The Kier molecular flexibility index (Phi) is 5.12. The van der Waals surface area contributed by atoms with Crippen molar-refractivity contribution < 1.29 is 0 Å². The molecule has 4 aromatic heterocycles. The molecule has 166 valence electrons. The third-order valence-electron chi connectivity index (χ3n) is 5.82. The third-order valence-corrected chi connectivity index (χ3v) is 6.71. The van der Waals surface area contributed by atoms with Crippen LogP contribution in [0.5, 0.6) is 0 Å². The first-order valence-electron chi connectivity index (χ1n) is 10.6. The molecular formula is C25H19N7S2. The number of hydrogen-bond donors (Lipinski definition) is 4. The van der Waals surface area contributed by atoms with Crippen LogP contribution in [0.2, 0.25) is 0 Å². The average Bonchev–Trinajstić information content (AvgIpc) is 3.67. The molecule has 1 aromatic carbocycles. The maximum atomic E-state index is 8.81. The topological polar surface area (TPSA) is 109 Å². The number of nitrogens with zero attached hydrogens (tertiary/aromatic N) is 3. The largest absolute Gasteiger partial charge is 0.361 e. The van der Waals surface area contributed by atoms with E-state index in [1.165, 1.54) is 23.7 Å². The van der Waals surface area contributed by atoms with E-state index in [9.17, 15) is 0 Å². The second-order valence-electron chi connectivity index (χ2n) is 7.73. The molecule has 4 heterocycles. The summed E-state index contributed by atoms with van der Waals surface area (Å²) in [4.78, 5) is 9.97. The van der Waals surface area contributed by atoms with E-state index in [2.05, 4.69) is 40.2 Å². The minimum absolute atomic E-state index is 0.395. The van der Waals surface area contributed by atoms with E-state index in [1.54, 1.807) is 0 Å². The molecule has 0 bridgehead atoms. The van der Waals surface area contributed by atoms with Gasteiger partial charge in [0.15, 0.2) is 0 Å². The minimum atomic E-state index is 0.395. The van der Waals surface area contributed by atoms with Gasteiger partial charge in [-0.2, -0.15) is 8.75 Å². The van der Waals surface area contributed by atoms with Crippen LogP contribution >= 0.6 is 23.7 Å². The Morgan fingerprint density at radius 2 is 1.44 bits per heavy atom. The second kappa shape index (κ2) is 8.44. The molecule has 0 aliphatic heterocycles. The van der Waals surface area contributed by atoms with Gasteiger partial charge in [0.05, 0.1) is 17.4 Å². The Balaban J connectivity index is 1.42. The highest BCUT2D eigenvalue weighted by Gasteiger charge is 2.24. The number of benzene rings is 1. The van der Waals surface area contributed by atoms with Gasteiger partial charge in [-0.1, -0.05) is 0 Å². The van der Waals surface area contributed by atoms with Gasteiger partial charge in [0.25, 0.3) is 0 Å². The van der Waals surface area contributed by atoms with Crippen molar-refractivity contribution in [2.75, 3.05) is 6.26 Å². The summed E-state index contributed by atoms with van der Waals surface area (Å²) >= 11 is 2.57. The van der Waals surface area contributed by atoms with E-state index in [1.807, 2.05) is 67.2 Å². The standard InChI is InChI=1S/C25H19N7S2/c1-33-30-23-16(7-6-14(22(23)26)18-4-2-12-27-18)20-10-11-21(29-20)17-9-8-15(19-5-3-13-28-19)24-25(17)32-34-31-24/h2-13,26-29H,1H3. The predicted octanol–water partition coefficient (Wildman–Crippen LogP) is 6.23. The van der Waals surface area contributed by atoms with Gasteiger partial charge in [-0.3, -0.25) is 5.41 Å². The number of hydrogen-bond acceptors (Lipinski definition) is 6. The summed E-state index contributed by atoms with van der Waals surface area (Å²) in [5, 5.41) is 8.81. The molecule has 0 unspecified atom stereocenters. The van der Waals surface area contributed by atoms with Crippen LogP contribution in [0.15, 0.2) is 77.5 Å². The normalized spacial score (nSPS) is 15.2. The van der Waals surface area contributed by atoms with Crippen LogP contribution in [0, 0.1) is 5.41 Å². The van der Waals surface area contributed by atoms with Crippen LogP contribution in [-0.4, -0.2) is 41.4 Å². The molecule has 0 saturated heterocycles. The van der Waals surface area contributed by atoms with Crippen LogP contribution in [-0.2, 0) is 0 Å². The first-order valence-corrected chi connectivity index (χ1v) is 12.5. The fraction of sp³-hybridized carbons (Fsp3) is 0.0400. The van der Waals surface area contributed by atoms with Gasteiger partial charge in [0.2, 0.25) is 0 Å². The summed E-state index contributed by atoms with van der Waals surface area (Å²) in [6.45, 7) is 0. The summed E-state index contributed by atoms with van der Waals surface area (Å²) in [5.41, 5.74) is 10.3. The van der Waals surface area contributed by atoms with Crippen molar-refractivity contribution >= 4 is 57.3 Å². The van der Waals surface area contributed by atoms with Crippen LogP contribution < -0.4 is 0 Å². The first-order chi connectivity index (χ1) is 16.7. The van der Waals surface area contributed by atoms with Crippen molar-refractivity contribution in [3.8, 4) is 22.5 Å². The van der Waals surface area contributed by atoms with Gasteiger partial charge in [0.1, 0.15) is 16.7 Å². The monoisotopic (exact) mass is 481 g/mol. The van der Waals surface area contributed by atoms with Crippen LogP contribution in [0.1, 0.15) is 11.4 Å². The highest BCUT2D eigenvalue weighted by atomic mass is 32.2. The lowest BCUT2D eigenvalue weighted by Crippen LogP contribution is -2.20. The molecule has 6 rings (SSSR count). The van der Waals surface area contributed by atoms with Crippen LogP contribution in [0.3, 0.4) is 0 Å². The Labute approximate surface area is 203 Å². The van der Waals surface area contributed by atoms with Crippen molar-refractivity contribution in [3.05, 3.63) is 84.5 Å². The number of allylic oxidation sites excluding steroid dienone is 4. The molecule has 1 aliphatic rings. The molecule has 0 fully saturated rings. The third kappa shape index (κ3) is 3.37. The van der Waals surface area contributed by atoms with E-state index in [4.69, 9.17) is 5.41 Å². The van der Waals surface area contributed by atoms with E-state index in [-0.39, 0.29) is 0 Å². The molecule has 0 saturated carbocycles. The van der Waals surface area contributed by atoms with Gasteiger partial charge in [0, 0.05) is 63.7 Å². The van der Waals surface area contributed by atoms with Crippen LogP contribution in [0.25, 0.3) is 44.7 Å². The number of fused-ring (bicyclic) bond motifs is 1. The molecular weight excluding hydrogens is 462 g/mol. The summed E-state index contributed by atoms with van der Waals surface area (Å²) in [7, 11) is 0. The molecule has 5 aromatic rings. The average molecular weight is 482 g/mol. The quantitative estimate of drug-likeness (QED) is 0.176. The van der Waals surface area contributed by atoms with Gasteiger partial charge in [-0.25, -0.2) is 4.40 Å². The molecule has 0 spiro atoms. The van der Waals surface area contributed by atoms with Gasteiger partial charge in [-0.15, -0.1) is 0 Å². The Morgan fingerprint density at radius 3 is 2.12 bits per heavy atom. The second-order valence-corrected chi connectivity index (χ2v) is 8.81. The smallest absolute Gasteiger partial charge is 0.114 e. The van der Waals surface area contributed by atoms with Crippen molar-refractivity contribution in [1.29, 1.82) is 5.41 Å². The minimum Gasteiger partial charge on any atom is -0.361 e. The van der Waals surface area contributed by atoms with Gasteiger partial charge >= 0.3 is 0 Å². The summed E-state index contributed by atoms with van der Waals surface area (Å²) < 4.78 is 13.7. The fourth-order valence-corrected chi connectivity index (χ4v) is 5.17. The van der Waals surface area contributed by atoms with Gasteiger partial charge in [-0.05, 0) is 72.6 Å². The molecule has 1 aliphatic carbocycles. The Hall–Kier alpha value is -3.95.